The summed E-state index contributed by atoms with van der Waals surface area (Å²) in [7, 11) is 1.58. The first kappa shape index (κ1) is 15.8. The van der Waals surface area contributed by atoms with E-state index in [1.165, 1.54) is 0 Å². The Morgan fingerprint density at radius 3 is 2.78 bits per heavy atom. The Labute approximate surface area is 136 Å². The largest absolute Gasteiger partial charge is 0.495 e. The Morgan fingerprint density at radius 1 is 1.30 bits per heavy atom. The standard InChI is InChI=1S/C17H23N3O3/c1-23-15-8-3-2-7-14(15)20-10-9-13(17(20)22)19-16(21)11-5-4-6-12(11)18/h2-3,7-8,11-13H,4-6,9-10,18H2,1H3,(H,19,21)/t11-,12+,13+/m1/s1. The first-order valence-corrected chi connectivity index (χ1v) is 8.12. The molecular formula is C17H23N3O3. The Bertz CT molecular complexity index is 605. The SMILES string of the molecule is COc1ccccc1N1CC[C@H](NC(=O)[C@@H]2CCC[C@@H]2N)C1=O. The van der Waals surface area contributed by atoms with E-state index in [2.05, 4.69) is 5.32 Å². The van der Waals surface area contributed by atoms with Crippen LogP contribution in [0.4, 0.5) is 5.69 Å². The number of carbonyl (C=O) groups excluding carboxylic acids is 2. The molecule has 1 aromatic rings. The number of hydrogen-bond acceptors (Lipinski definition) is 4. The number of anilines is 1. The first-order chi connectivity index (χ1) is 11.1. The molecule has 1 saturated heterocycles. The van der Waals surface area contributed by atoms with Gasteiger partial charge in [-0.2, -0.15) is 0 Å². The molecule has 3 N–H and O–H groups in total. The summed E-state index contributed by atoms with van der Waals surface area (Å²) in [6.07, 6.45) is 3.27. The first-order valence-electron chi connectivity index (χ1n) is 8.12. The van der Waals surface area contributed by atoms with Gasteiger partial charge in [-0.25, -0.2) is 0 Å². The summed E-state index contributed by atoms with van der Waals surface area (Å²) in [4.78, 5) is 26.6. The van der Waals surface area contributed by atoms with Crippen LogP contribution in [0.2, 0.25) is 0 Å². The number of methoxy groups -OCH3 is 1. The second-order valence-electron chi connectivity index (χ2n) is 6.21. The molecular weight excluding hydrogens is 294 g/mol. The normalized spacial score (nSPS) is 27.3. The van der Waals surface area contributed by atoms with Crippen molar-refractivity contribution in [2.75, 3.05) is 18.6 Å². The number of nitrogens with two attached hydrogens (primary N) is 1. The summed E-state index contributed by atoms with van der Waals surface area (Å²) in [6.45, 7) is 0.570. The van der Waals surface area contributed by atoms with Crippen molar-refractivity contribution in [2.24, 2.45) is 11.7 Å². The number of rotatable bonds is 4. The van der Waals surface area contributed by atoms with Crippen molar-refractivity contribution >= 4 is 17.5 Å². The molecule has 1 saturated carbocycles. The van der Waals surface area contributed by atoms with E-state index in [4.69, 9.17) is 10.5 Å². The molecule has 1 aliphatic heterocycles. The van der Waals surface area contributed by atoms with Gasteiger partial charge >= 0.3 is 0 Å². The fraction of sp³-hybridized carbons (Fsp3) is 0.529. The summed E-state index contributed by atoms with van der Waals surface area (Å²) in [5.74, 6) is 0.318. The van der Waals surface area contributed by atoms with E-state index in [9.17, 15) is 9.59 Å². The van der Waals surface area contributed by atoms with Crippen molar-refractivity contribution in [1.29, 1.82) is 0 Å². The van der Waals surface area contributed by atoms with Crippen LogP contribution in [-0.2, 0) is 9.59 Å². The maximum absolute atomic E-state index is 12.6. The summed E-state index contributed by atoms with van der Waals surface area (Å²) >= 11 is 0. The van der Waals surface area contributed by atoms with Crippen molar-refractivity contribution in [3.05, 3.63) is 24.3 Å². The predicted octanol–water partition coefficient (Wildman–Crippen LogP) is 1.04. The zero-order chi connectivity index (χ0) is 16.4. The molecule has 0 unspecified atom stereocenters. The molecule has 1 aromatic carbocycles. The van der Waals surface area contributed by atoms with E-state index in [0.717, 1.165) is 24.9 Å². The van der Waals surface area contributed by atoms with Crippen molar-refractivity contribution in [2.45, 2.75) is 37.8 Å². The lowest BCUT2D eigenvalue weighted by atomic mass is 10.0. The van der Waals surface area contributed by atoms with E-state index in [1.54, 1.807) is 12.0 Å². The number of ether oxygens (including phenoxy) is 1. The molecule has 6 nitrogen and oxygen atoms in total. The number of benzene rings is 1. The summed E-state index contributed by atoms with van der Waals surface area (Å²) < 4.78 is 5.32. The topological polar surface area (TPSA) is 84.7 Å². The third-order valence-electron chi connectivity index (χ3n) is 4.80. The average molecular weight is 317 g/mol. The van der Waals surface area contributed by atoms with Crippen LogP contribution in [0.5, 0.6) is 5.75 Å². The Kier molecular flexibility index (Phi) is 4.52. The lowest BCUT2D eigenvalue weighted by Gasteiger charge is -2.21. The number of carbonyl (C=O) groups is 2. The zero-order valence-corrected chi connectivity index (χ0v) is 13.3. The van der Waals surface area contributed by atoms with Crippen molar-refractivity contribution in [3.8, 4) is 5.75 Å². The molecule has 3 rings (SSSR count). The molecule has 23 heavy (non-hydrogen) atoms. The van der Waals surface area contributed by atoms with Gasteiger partial charge in [-0.15, -0.1) is 0 Å². The molecule has 2 amide bonds. The highest BCUT2D eigenvalue weighted by molar-refractivity contribution is 6.02. The zero-order valence-electron chi connectivity index (χ0n) is 13.3. The number of para-hydroxylation sites is 2. The second-order valence-corrected chi connectivity index (χ2v) is 6.21. The molecule has 0 radical (unpaired) electrons. The monoisotopic (exact) mass is 317 g/mol. The Hall–Kier alpha value is -2.08. The minimum absolute atomic E-state index is 0.0863. The van der Waals surface area contributed by atoms with Crippen LogP contribution in [0, 0.1) is 5.92 Å². The molecule has 2 fully saturated rings. The molecule has 1 heterocycles. The molecule has 2 aliphatic rings. The van der Waals surface area contributed by atoms with Crippen LogP contribution in [0.25, 0.3) is 0 Å². The van der Waals surface area contributed by atoms with Gasteiger partial charge in [-0.05, 0) is 31.4 Å². The van der Waals surface area contributed by atoms with Crippen molar-refractivity contribution < 1.29 is 14.3 Å². The van der Waals surface area contributed by atoms with Gasteiger partial charge in [0, 0.05) is 12.6 Å². The van der Waals surface area contributed by atoms with Crippen LogP contribution in [0.1, 0.15) is 25.7 Å². The molecule has 6 heteroatoms. The van der Waals surface area contributed by atoms with E-state index < -0.39 is 6.04 Å². The fourth-order valence-corrected chi connectivity index (χ4v) is 3.50. The van der Waals surface area contributed by atoms with Crippen LogP contribution in [0.3, 0.4) is 0 Å². The van der Waals surface area contributed by atoms with Crippen molar-refractivity contribution in [1.82, 2.24) is 5.32 Å². The van der Waals surface area contributed by atoms with Gasteiger partial charge in [-0.3, -0.25) is 9.59 Å². The lowest BCUT2D eigenvalue weighted by Crippen LogP contribution is -2.46. The minimum Gasteiger partial charge on any atom is -0.495 e. The van der Waals surface area contributed by atoms with Crippen LogP contribution in [-0.4, -0.2) is 37.6 Å². The highest BCUT2D eigenvalue weighted by Crippen LogP contribution is 2.31. The maximum atomic E-state index is 12.6. The summed E-state index contributed by atoms with van der Waals surface area (Å²) in [6, 6.07) is 6.86. The Morgan fingerprint density at radius 2 is 2.09 bits per heavy atom. The number of nitrogens with one attached hydrogen (secondary N) is 1. The summed E-state index contributed by atoms with van der Waals surface area (Å²) in [5.41, 5.74) is 6.72. The third kappa shape index (κ3) is 3.03. The van der Waals surface area contributed by atoms with E-state index >= 15 is 0 Å². The highest BCUT2D eigenvalue weighted by atomic mass is 16.5. The second kappa shape index (κ2) is 6.58. The minimum atomic E-state index is -0.472. The van der Waals surface area contributed by atoms with Gasteiger partial charge in [0.15, 0.2) is 0 Å². The Balaban J connectivity index is 1.68. The summed E-state index contributed by atoms with van der Waals surface area (Å²) in [5, 5.41) is 2.89. The smallest absolute Gasteiger partial charge is 0.249 e. The van der Waals surface area contributed by atoms with E-state index in [-0.39, 0.29) is 23.8 Å². The van der Waals surface area contributed by atoms with Gasteiger partial charge < -0.3 is 20.7 Å². The number of nitrogens with zero attached hydrogens (tertiary/aromatic N) is 1. The van der Waals surface area contributed by atoms with Crippen molar-refractivity contribution in [3.63, 3.8) is 0 Å². The fourth-order valence-electron chi connectivity index (χ4n) is 3.50. The molecule has 0 aromatic heterocycles. The molecule has 0 bridgehead atoms. The average Bonchev–Trinajstić information content (AvgIpc) is 3.14. The van der Waals surface area contributed by atoms with Gasteiger partial charge in [0.05, 0.1) is 18.7 Å². The van der Waals surface area contributed by atoms with Crippen LogP contribution >= 0.6 is 0 Å². The quantitative estimate of drug-likeness (QED) is 0.869. The maximum Gasteiger partial charge on any atom is 0.249 e. The predicted molar refractivity (Wildman–Crippen MR) is 87.2 cm³/mol. The molecule has 3 atom stereocenters. The van der Waals surface area contributed by atoms with Gasteiger partial charge in [0.2, 0.25) is 11.8 Å². The van der Waals surface area contributed by atoms with E-state index in [0.29, 0.717) is 18.7 Å². The third-order valence-corrected chi connectivity index (χ3v) is 4.80. The number of hydrogen-bond donors (Lipinski definition) is 2. The van der Waals surface area contributed by atoms with Gasteiger partial charge in [0.1, 0.15) is 11.8 Å². The highest BCUT2D eigenvalue weighted by Gasteiger charge is 2.37. The van der Waals surface area contributed by atoms with Crippen LogP contribution in [0.15, 0.2) is 24.3 Å². The van der Waals surface area contributed by atoms with Gasteiger partial charge in [0.25, 0.3) is 0 Å². The molecule has 1 aliphatic carbocycles. The molecule has 0 spiro atoms. The van der Waals surface area contributed by atoms with Crippen LogP contribution < -0.4 is 20.7 Å². The lowest BCUT2D eigenvalue weighted by molar-refractivity contribution is -0.129. The molecule has 124 valence electrons. The van der Waals surface area contributed by atoms with E-state index in [1.807, 2.05) is 24.3 Å². The van der Waals surface area contributed by atoms with Gasteiger partial charge in [-0.1, -0.05) is 18.6 Å². The number of amides is 2.